The Hall–Kier alpha value is -6.06. The molecule has 8 heteroatoms. The van der Waals surface area contributed by atoms with Gasteiger partial charge in [-0.25, -0.2) is 0 Å². The second-order valence-electron chi connectivity index (χ2n) is 12.5. The summed E-state index contributed by atoms with van der Waals surface area (Å²) in [5, 5.41) is 4.06. The van der Waals surface area contributed by atoms with Crippen molar-refractivity contribution in [1.82, 2.24) is 0 Å². The standard InChI is InChI=1S/C46H36O6P2/c1-33-31-35-19-15-17-29-41(35)43(45(33)51-53(47-37-21-7-3-8-22-37)48-38-23-9-4-10-24-38)44-42-30-18-16-20-36(42)32-34(2)46(44)52-54(49-39-25-11-5-12-26-39)50-40-27-13-6-14-28-40/h3-32H,1-2H3. The van der Waals surface area contributed by atoms with Crippen molar-refractivity contribution in [1.29, 1.82) is 0 Å². The maximum atomic E-state index is 6.99. The van der Waals surface area contributed by atoms with Crippen LogP contribution in [0.5, 0.6) is 34.5 Å². The lowest BCUT2D eigenvalue weighted by atomic mass is 9.89. The molecule has 0 aromatic heterocycles. The Balaban J connectivity index is 1.32. The van der Waals surface area contributed by atoms with Crippen molar-refractivity contribution < 1.29 is 27.1 Å². The second kappa shape index (κ2) is 16.3. The zero-order valence-electron chi connectivity index (χ0n) is 29.7. The topological polar surface area (TPSA) is 55.4 Å². The third-order valence-corrected chi connectivity index (χ3v) is 10.8. The Bertz CT molecular complexity index is 2220. The zero-order chi connectivity index (χ0) is 36.7. The molecule has 0 fully saturated rings. The molecule has 0 heterocycles. The van der Waals surface area contributed by atoms with Crippen LogP contribution in [0.25, 0.3) is 32.7 Å². The Morgan fingerprint density at radius 2 is 0.593 bits per heavy atom. The third kappa shape index (κ3) is 7.96. The molecule has 0 N–H and O–H groups in total. The molecule has 266 valence electrons. The van der Waals surface area contributed by atoms with E-state index in [4.69, 9.17) is 27.1 Å². The average Bonchev–Trinajstić information content (AvgIpc) is 3.20. The van der Waals surface area contributed by atoms with Gasteiger partial charge in [0.05, 0.1) is 0 Å². The molecule has 0 saturated carbocycles. The summed E-state index contributed by atoms with van der Waals surface area (Å²) in [6.07, 6.45) is 0. The predicted molar refractivity (Wildman–Crippen MR) is 220 cm³/mol. The molecule has 0 bridgehead atoms. The van der Waals surface area contributed by atoms with Gasteiger partial charge in [-0.15, -0.1) is 0 Å². The summed E-state index contributed by atoms with van der Waals surface area (Å²) < 4.78 is 39.9. The van der Waals surface area contributed by atoms with Gasteiger partial charge < -0.3 is 27.1 Å². The summed E-state index contributed by atoms with van der Waals surface area (Å²) in [7, 11) is -4.00. The van der Waals surface area contributed by atoms with Crippen molar-refractivity contribution in [2.45, 2.75) is 13.8 Å². The SMILES string of the molecule is Cc1cc2ccccc2c(-c2c(OP(Oc3ccccc3)Oc3ccccc3)c(C)cc3ccccc23)c1OP(Oc1ccccc1)Oc1ccccc1. The molecule has 6 nitrogen and oxygen atoms in total. The number of aryl methyl sites for hydroxylation is 2. The molecule has 54 heavy (non-hydrogen) atoms. The van der Waals surface area contributed by atoms with E-state index in [1.165, 1.54) is 0 Å². The monoisotopic (exact) mass is 746 g/mol. The molecule has 0 spiro atoms. The predicted octanol–water partition coefficient (Wildman–Crippen LogP) is 13.8. The van der Waals surface area contributed by atoms with Gasteiger partial charge in [0.2, 0.25) is 0 Å². The van der Waals surface area contributed by atoms with Crippen molar-refractivity contribution in [3.8, 4) is 45.6 Å². The van der Waals surface area contributed by atoms with E-state index in [-0.39, 0.29) is 0 Å². The average molecular weight is 747 g/mol. The van der Waals surface area contributed by atoms with E-state index in [0.29, 0.717) is 34.5 Å². The third-order valence-electron chi connectivity index (χ3n) is 8.65. The van der Waals surface area contributed by atoms with Gasteiger partial charge in [-0.05, 0) is 107 Å². The largest absolute Gasteiger partial charge is 0.530 e. The quantitative estimate of drug-likeness (QED) is 0.110. The first-order valence-corrected chi connectivity index (χ1v) is 19.7. The number of para-hydroxylation sites is 4. The van der Waals surface area contributed by atoms with Crippen molar-refractivity contribution in [2.75, 3.05) is 0 Å². The highest BCUT2D eigenvalue weighted by molar-refractivity contribution is 7.43. The molecule has 0 aliphatic rings. The molecule has 0 aliphatic heterocycles. The molecule has 8 aromatic rings. The van der Waals surface area contributed by atoms with Crippen LogP contribution in [-0.2, 0) is 0 Å². The minimum absolute atomic E-state index is 0.615. The molecule has 0 unspecified atom stereocenters. The lowest BCUT2D eigenvalue weighted by Gasteiger charge is -2.25. The van der Waals surface area contributed by atoms with Gasteiger partial charge in [-0.2, -0.15) is 0 Å². The van der Waals surface area contributed by atoms with Gasteiger partial charge in [0.25, 0.3) is 0 Å². The van der Waals surface area contributed by atoms with Crippen LogP contribution in [0.4, 0.5) is 0 Å². The summed E-state index contributed by atoms with van der Waals surface area (Å²) in [4.78, 5) is 0. The summed E-state index contributed by atoms with van der Waals surface area (Å²) in [5.41, 5.74) is 3.50. The Labute approximate surface area is 317 Å². The smallest absolute Gasteiger partial charge is 0.409 e. The fraction of sp³-hybridized carbons (Fsp3) is 0.0435. The number of hydrogen-bond donors (Lipinski definition) is 0. The van der Waals surface area contributed by atoms with Crippen LogP contribution in [0.3, 0.4) is 0 Å². The normalized spacial score (nSPS) is 11.1. The highest BCUT2D eigenvalue weighted by Gasteiger charge is 2.30. The first-order chi connectivity index (χ1) is 26.6. The molecule has 0 aliphatic carbocycles. The van der Waals surface area contributed by atoms with Crippen LogP contribution >= 0.6 is 17.2 Å². The van der Waals surface area contributed by atoms with Crippen molar-refractivity contribution >= 4 is 38.7 Å². The highest BCUT2D eigenvalue weighted by Crippen LogP contribution is 2.55. The molecule has 0 amide bonds. The Morgan fingerprint density at radius 1 is 0.315 bits per heavy atom. The van der Waals surface area contributed by atoms with Crippen molar-refractivity contribution in [3.05, 3.63) is 193 Å². The summed E-state index contributed by atoms with van der Waals surface area (Å²) >= 11 is 0. The van der Waals surface area contributed by atoms with Gasteiger partial charge >= 0.3 is 17.2 Å². The van der Waals surface area contributed by atoms with Gasteiger partial charge in [0, 0.05) is 11.1 Å². The van der Waals surface area contributed by atoms with Gasteiger partial charge in [0.15, 0.2) is 0 Å². The van der Waals surface area contributed by atoms with Crippen LogP contribution in [0.1, 0.15) is 11.1 Å². The lowest BCUT2D eigenvalue weighted by molar-refractivity contribution is 0.385. The van der Waals surface area contributed by atoms with E-state index in [1.807, 2.05) is 159 Å². The van der Waals surface area contributed by atoms with Gasteiger partial charge in [-0.1, -0.05) is 121 Å². The number of benzene rings is 8. The Morgan fingerprint density at radius 3 is 0.907 bits per heavy atom. The first-order valence-electron chi connectivity index (χ1n) is 17.5. The molecule has 8 rings (SSSR count). The second-order valence-corrected chi connectivity index (χ2v) is 14.5. The summed E-state index contributed by atoms with van der Waals surface area (Å²) in [5.74, 6) is 3.75. The van der Waals surface area contributed by atoms with E-state index in [1.54, 1.807) is 0 Å². The Kier molecular flexibility index (Phi) is 10.6. The molecule has 8 aromatic carbocycles. The van der Waals surface area contributed by atoms with Crippen LogP contribution in [0.2, 0.25) is 0 Å². The van der Waals surface area contributed by atoms with E-state index < -0.39 is 17.2 Å². The fourth-order valence-corrected chi connectivity index (χ4v) is 8.37. The number of fused-ring (bicyclic) bond motifs is 2. The molecule has 0 radical (unpaired) electrons. The first kappa shape index (κ1) is 35.0. The van der Waals surface area contributed by atoms with Crippen molar-refractivity contribution in [2.24, 2.45) is 0 Å². The van der Waals surface area contributed by atoms with Crippen LogP contribution in [0.15, 0.2) is 182 Å². The van der Waals surface area contributed by atoms with Crippen LogP contribution < -0.4 is 27.1 Å². The van der Waals surface area contributed by atoms with E-state index in [2.05, 4.69) is 36.4 Å². The maximum absolute atomic E-state index is 6.99. The van der Waals surface area contributed by atoms with E-state index >= 15 is 0 Å². The highest BCUT2D eigenvalue weighted by atomic mass is 31.2. The minimum Gasteiger partial charge on any atom is -0.409 e. The van der Waals surface area contributed by atoms with Crippen LogP contribution in [0, 0.1) is 13.8 Å². The van der Waals surface area contributed by atoms with Gasteiger partial charge in [-0.3, -0.25) is 0 Å². The summed E-state index contributed by atoms with van der Waals surface area (Å²) in [6.45, 7) is 4.10. The van der Waals surface area contributed by atoms with E-state index in [9.17, 15) is 0 Å². The molecule has 0 saturated heterocycles. The molecule has 0 atom stereocenters. The molecular weight excluding hydrogens is 710 g/mol. The fourth-order valence-electron chi connectivity index (χ4n) is 6.20. The van der Waals surface area contributed by atoms with Crippen molar-refractivity contribution in [3.63, 3.8) is 0 Å². The van der Waals surface area contributed by atoms with Crippen LogP contribution in [-0.4, -0.2) is 0 Å². The minimum atomic E-state index is -2.00. The van der Waals surface area contributed by atoms with Gasteiger partial charge in [0.1, 0.15) is 34.5 Å². The zero-order valence-corrected chi connectivity index (χ0v) is 31.5. The number of hydrogen-bond acceptors (Lipinski definition) is 6. The van der Waals surface area contributed by atoms with E-state index in [0.717, 1.165) is 43.8 Å². The summed E-state index contributed by atoms with van der Waals surface area (Å²) in [6, 6.07) is 59.2. The number of rotatable bonds is 13. The lowest BCUT2D eigenvalue weighted by Crippen LogP contribution is -2.06. The maximum Gasteiger partial charge on any atom is 0.530 e. The molecular formula is C46H36O6P2.